The van der Waals surface area contributed by atoms with Crippen LogP contribution < -0.4 is 5.73 Å². The number of hydrogen-bond donors (Lipinski definition) is 1. The molecule has 1 atom stereocenters. The zero-order valence-corrected chi connectivity index (χ0v) is 13.9. The zero-order chi connectivity index (χ0) is 15.3. The fourth-order valence-electron chi connectivity index (χ4n) is 4.05. The summed E-state index contributed by atoms with van der Waals surface area (Å²) < 4.78 is 0. The number of likely N-dealkylation sites (tertiary alicyclic amines) is 1. The molecular formula is C18H29N3. The molecule has 3 nitrogen and oxygen atoms in total. The SMILES string of the molecule is CCc1cnc2c(c1)[C@H](N)C1(CCN(C(C)(C)C)CC1)C2. The lowest BCUT2D eigenvalue weighted by Crippen LogP contribution is -2.51. The van der Waals surface area contributed by atoms with Crippen LogP contribution in [0.4, 0.5) is 0 Å². The lowest BCUT2D eigenvalue weighted by molar-refractivity contribution is 0.0343. The molecular weight excluding hydrogens is 258 g/mol. The van der Waals surface area contributed by atoms with Crippen LogP contribution in [0.5, 0.6) is 0 Å². The van der Waals surface area contributed by atoms with Gasteiger partial charge in [0.25, 0.3) is 0 Å². The molecule has 1 saturated heterocycles. The molecule has 1 spiro atoms. The summed E-state index contributed by atoms with van der Waals surface area (Å²) in [5.74, 6) is 0. The van der Waals surface area contributed by atoms with Gasteiger partial charge in [-0.25, -0.2) is 0 Å². The highest BCUT2D eigenvalue weighted by atomic mass is 15.2. The number of piperidine rings is 1. The molecule has 1 fully saturated rings. The number of nitrogens with two attached hydrogens (primary N) is 1. The van der Waals surface area contributed by atoms with Gasteiger partial charge in [0, 0.05) is 23.5 Å². The topological polar surface area (TPSA) is 42.1 Å². The summed E-state index contributed by atoms with van der Waals surface area (Å²) in [7, 11) is 0. The van der Waals surface area contributed by atoms with Crippen molar-refractivity contribution >= 4 is 0 Å². The summed E-state index contributed by atoms with van der Waals surface area (Å²) in [5, 5.41) is 0. The van der Waals surface area contributed by atoms with Gasteiger partial charge in [-0.1, -0.05) is 13.0 Å². The van der Waals surface area contributed by atoms with Crippen LogP contribution >= 0.6 is 0 Å². The van der Waals surface area contributed by atoms with E-state index in [1.807, 2.05) is 6.20 Å². The first kappa shape index (κ1) is 15.0. The molecule has 1 aliphatic carbocycles. The predicted octanol–water partition coefficient (Wildman–Crippen LogP) is 3.08. The summed E-state index contributed by atoms with van der Waals surface area (Å²) >= 11 is 0. The van der Waals surface area contributed by atoms with Crippen molar-refractivity contribution < 1.29 is 0 Å². The Morgan fingerprint density at radius 1 is 1.33 bits per heavy atom. The minimum Gasteiger partial charge on any atom is -0.323 e. The van der Waals surface area contributed by atoms with Crippen LogP contribution in [0.15, 0.2) is 12.3 Å². The highest BCUT2D eigenvalue weighted by Crippen LogP contribution is 2.50. The van der Waals surface area contributed by atoms with Crippen LogP contribution in [0.2, 0.25) is 0 Å². The predicted molar refractivity (Wildman–Crippen MR) is 87.2 cm³/mol. The first-order valence-corrected chi connectivity index (χ1v) is 8.34. The lowest BCUT2D eigenvalue weighted by Gasteiger charge is -2.46. The number of hydrogen-bond acceptors (Lipinski definition) is 3. The zero-order valence-electron chi connectivity index (χ0n) is 13.9. The van der Waals surface area contributed by atoms with E-state index in [1.54, 1.807) is 0 Å². The maximum Gasteiger partial charge on any atom is 0.0457 e. The Bertz CT molecular complexity index is 522. The molecule has 3 heteroatoms. The molecule has 0 saturated carbocycles. The number of nitrogens with zero attached hydrogens (tertiary/aromatic N) is 2. The van der Waals surface area contributed by atoms with E-state index in [-0.39, 0.29) is 17.0 Å². The van der Waals surface area contributed by atoms with E-state index in [0.717, 1.165) is 25.9 Å². The standard InChI is InChI=1S/C18H29N3/c1-5-13-10-14-15(20-12-13)11-18(16(14)19)6-8-21(9-7-18)17(2,3)4/h10,12,16H,5-9,11,19H2,1-4H3/t16-/m0/s1. The second-order valence-electron chi connectivity index (χ2n) is 7.91. The molecule has 0 radical (unpaired) electrons. The van der Waals surface area contributed by atoms with Crippen molar-refractivity contribution in [3.05, 3.63) is 29.1 Å². The first-order chi connectivity index (χ1) is 9.86. The molecule has 0 unspecified atom stereocenters. The molecule has 0 amide bonds. The minimum absolute atomic E-state index is 0.175. The molecule has 1 aromatic heterocycles. The average molecular weight is 287 g/mol. The van der Waals surface area contributed by atoms with E-state index < -0.39 is 0 Å². The molecule has 1 aliphatic heterocycles. The van der Waals surface area contributed by atoms with Gasteiger partial charge in [-0.15, -0.1) is 0 Å². The molecule has 2 aliphatic rings. The van der Waals surface area contributed by atoms with Gasteiger partial charge in [0.15, 0.2) is 0 Å². The number of aryl methyl sites for hydroxylation is 1. The van der Waals surface area contributed by atoms with Crippen molar-refractivity contribution in [1.29, 1.82) is 0 Å². The van der Waals surface area contributed by atoms with Crippen molar-refractivity contribution in [3.8, 4) is 0 Å². The third-order valence-corrected chi connectivity index (χ3v) is 5.69. The Labute approximate surface area is 128 Å². The highest BCUT2D eigenvalue weighted by molar-refractivity contribution is 5.36. The summed E-state index contributed by atoms with van der Waals surface area (Å²) in [4.78, 5) is 7.30. The number of rotatable bonds is 1. The van der Waals surface area contributed by atoms with E-state index in [0.29, 0.717) is 0 Å². The third kappa shape index (κ3) is 2.51. The van der Waals surface area contributed by atoms with E-state index in [4.69, 9.17) is 10.7 Å². The maximum absolute atomic E-state index is 6.68. The number of pyridine rings is 1. The number of aromatic nitrogens is 1. The van der Waals surface area contributed by atoms with Crippen LogP contribution in [0.25, 0.3) is 0 Å². The second-order valence-corrected chi connectivity index (χ2v) is 7.91. The smallest absolute Gasteiger partial charge is 0.0457 e. The molecule has 0 aromatic carbocycles. The third-order valence-electron chi connectivity index (χ3n) is 5.69. The average Bonchev–Trinajstić information content (AvgIpc) is 2.71. The fraction of sp³-hybridized carbons (Fsp3) is 0.722. The molecule has 1 aromatic rings. The first-order valence-electron chi connectivity index (χ1n) is 8.34. The largest absolute Gasteiger partial charge is 0.323 e. The monoisotopic (exact) mass is 287 g/mol. The van der Waals surface area contributed by atoms with Gasteiger partial charge in [-0.3, -0.25) is 9.88 Å². The van der Waals surface area contributed by atoms with Crippen molar-refractivity contribution in [1.82, 2.24) is 9.88 Å². The Balaban J connectivity index is 1.80. The van der Waals surface area contributed by atoms with Gasteiger partial charge in [0.1, 0.15) is 0 Å². The van der Waals surface area contributed by atoms with Crippen molar-refractivity contribution in [2.75, 3.05) is 13.1 Å². The Kier molecular flexibility index (Phi) is 3.61. The normalized spacial score (nSPS) is 25.3. The van der Waals surface area contributed by atoms with E-state index in [2.05, 4.69) is 38.7 Å². The molecule has 21 heavy (non-hydrogen) atoms. The van der Waals surface area contributed by atoms with Gasteiger partial charge in [0.2, 0.25) is 0 Å². The van der Waals surface area contributed by atoms with Gasteiger partial charge >= 0.3 is 0 Å². The Morgan fingerprint density at radius 2 is 2.00 bits per heavy atom. The molecule has 2 heterocycles. The van der Waals surface area contributed by atoms with Crippen LogP contribution in [-0.4, -0.2) is 28.5 Å². The molecule has 0 bridgehead atoms. The fourth-order valence-corrected chi connectivity index (χ4v) is 4.05. The summed E-state index contributed by atoms with van der Waals surface area (Å²) in [5.41, 5.74) is 11.1. The van der Waals surface area contributed by atoms with Crippen LogP contribution in [0.3, 0.4) is 0 Å². The van der Waals surface area contributed by atoms with Gasteiger partial charge in [0.05, 0.1) is 0 Å². The Hall–Kier alpha value is -0.930. The van der Waals surface area contributed by atoms with Gasteiger partial charge in [-0.2, -0.15) is 0 Å². The molecule has 2 N–H and O–H groups in total. The lowest BCUT2D eigenvalue weighted by atomic mass is 9.72. The van der Waals surface area contributed by atoms with Crippen LogP contribution in [0, 0.1) is 5.41 Å². The van der Waals surface area contributed by atoms with Crippen molar-refractivity contribution in [2.45, 2.75) is 65.0 Å². The maximum atomic E-state index is 6.68. The summed E-state index contributed by atoms with van der Waals surface area (Å²) in [6, 6.07) is 2.48. The second kappa shape index (κ2) is 5.06. The van der Waals surface area contributed by atoms with E-state index in [1.165, 1.54) is 29.7 Å². The van der Waals surface area contributed by atoms with Crippen molar-refractivity contribution in [2.24, 2.45) is 11.1 Å². The minimum atomic E-state index is 0.175. The number of fused-ring (bicyclic) bond motifs is 1. The summed E-state index contributed by atoms with van der Waals surface area (Å²) in [6.07, 6.45) is 6.55. The quantitative estimate of drug-likeness (QED) is 0.863. The van der Waals surface area contributed by atoms with E-state index >= 15 is 0 Å². The van der Waals surface area contributed by atoms with E-state index in [9.17, 15) is 0 Å². The van der Waals surface area contributed by atoms with Crippen molar-refractivity contribution in [3.63, 3.8) is 0 Å². The van der Waals surface area contributed by atoms with Crippen LogP contribution in [0.1, 0.15) is 63.4 Å². The van der Waals surface area contributed by atoms with Gasteiger partial charge < -0.3 is 5.73 Å². The Morgan fingerprint density at radius 3 is 2.57 bits per heavy atom. The van der Waals surface area contributed by atoms with Gasteiger partial charge in [-0.05, 0) is 76.1 Å². The van der Waals surface area contributed by atoms with Crippen LogP contribution in [-0.2, 0) is 12.8 Å². The summed E-state index contributed by atoms with van der Waals surface area (Å²) in [6.45, 7) is 11.4. The molecule has 116 valence electrons. The molecule has 3 rings (SSSR count). The highest BCUT2D eigenvalue weighted by Gasteiger charge is 2.47.